The Balaban J connectivity index is 2.37. The first-order valence-electron chi connectivity index (χ1n) is 15.2. The summed E-state index contributed by atoms with van der Waals surface area (Å²) in [5.41, 5.74) is 7.20. The Morgan fingerprint density at radius 3 is 2.25 bits per heavy atom. The number of hydroxylamine groups is 2. The minimum atomic E-state index is -1.20. The Kier molecular flexibility index (Phi) is 14.5. The lowest BCUT2D eigenvalue weighted by molar-refractivity contribution is -0.156. The van der Waals surface area contributed by atoms with E-state index in [0.717, 1.165) is 36.1 Å². The predicted octanol–water partition coefficient (Wildman–Crippen LogP) is 5.52. The molecule has 1 aromatic rings. The van der Waals surface area contributed by atoms with Gasteiger partial charge in [-0.1, -0.05) is 103 Å². The van der Waals surface area contributed by atoms with Gasteiger partial charge in [0.15, 0.2) is 0 Å². The minimum absolute atomic E-state index is 0.0314. The summed E-state index contributed by atoms with van der Waals surface area (Å²) in [6.07, 6.45) is 8.68. The molecule has 8 nitrogen and oxygen atoms in total. The largest absolute Gasteiger partial charge is 0.756 e. The maximum absolute atomic E-state index is 13.9. The monoisotopic (exact) mass is 555 g/mol. The Hall–Kier alpha value is -2.58. The van der Waals surface area contributed by atoms with Crippen LogP contribution in [0, 0.1) is 23.0 Å². The molecule has 0 radical (unpaired) electrons. The molecule has 0 bridgehead atoms. The van der Waals surface area contributed by atoms with Gasteiger partial charge in [0.1, 0.15) is 6.04 Å². The number of benzene rings is 1. The number of carbonyl (C=O) groups excluding carboxylic acids is 3. The smallest absolute Gasteiger partial charge is 0.247 e. The molecule has 2 rings (SSSR count). The molecule has 1 aliphatic rings. The summed E-state index contributed by atoms with van der Waals surface area (Å²) in [6.45, 7) is 10.3. The van der Waals surface area contributed by atoms with Gasteiger partial charge in [-0.2, -0.15) is 0 Å². The Labute approximate surface area is 241 Å². The van der Waals surface area contributed by atoms with Crippen LogP contribution in [-0.4, -0.2) is 58.6 Å². The summed E-state index contributed by atoms with van der Waals surface area (Å²) < 4.78 is 0. The summed E-state index contributed by atoms with van der Waals surface area (Å²) in [7, 11) is 0. The molecule has 8 heteroatoms. The number of carbonyl (C=O) groups is 3. The van der Waals surface area contributed by atoms with Gasteiger partial charge >= 0.3 is 0 Å². The highest BCUT2D eigenvalue weighted by atomic mass is 16.5. The van der Waals surface area contributed by atoms with E-state index in [1.54, 1.807) is 6.21 Å². The van der Waals surface area contributed by atoms with Crippen LogP contribution < -0.4 is 5.73 Å². The first kappa shape index (κ1) is 33.6. The number of amides is 3. The minimum Gasteiger partial charge on any atom is -0.756 e. The molecule has 0 aromatic heterocycles. The van der Waals surface area contributed by atoms with Crippen molar-refractivity contribution in [2.75, 3.05) is 6.54 Å². The zero-order valence-electron chi connectivity index (χ0n) is 25.3. The van der Waals surface area contributed by atoms with Crippen molar-refractivity contribution in [3.63, 3.8) is 0 Å². The molecule has 2 N–H and O–H groups in total. The zero-order valence-corrected chi connectivity index (χ0v) is 25.3. The Morgan fingerprint density at radius 1 is 1.02 bits per heavy atom. The molecule has 1 aliphatic carbocycles. The van der Waals surface area contributed by atoms with Crippen LogP contribution in [0.3, 0.4) is 0 Å². The van der Waals surface area contributed by atoms with Crippen molar-refractivity contribution in [3.05, 3.63) is 41.1 Å². The van der Waals surface area contributed by atoms with Crippen molar-refractivity contribution in [1.29, 1.82) is 0 Å². The molecular weight excluding hydrogens is 504 g/mol. The number of nitrogens with two attached hydrogens (primary N) is 1. The molecule has 1 fully saturated rings. The van der Waals surface area contributed by atoms with Gasteiger partial charge < -0.3 is 16.0 Å². The maximum Gasteiger partial charge on any atom is 0.247 e. The van der Waals surface area contributed by atoms with Crippen molar-refractivity contribution < 1.29 is 14.4 Å². The average Bonchev–Trinajstić information content (AvgIpc) is 2.91. The van der Waals surface area contributed by atoms with Crippen molar-refractivity contribution in [1.82, 2.24) is 9.96 Å². The lowest BCUT2D eigenvalue weighted by atomic mass is 9.85. The average molecular weight is 556 g/mol. The van der Waals surface area contributed by atoms with E-state index in [9.17, 15) is 19.6 Å². The molecule has 0 unspecified atom stereocenters. The van der Waals surface area contributed by atoms with Gasteiger partial charge in [-0.15, -0.1) is 0 Å². The standard InChI is InChI=1S/C32H51N4O4/c1-6-13-29(32(39)36(40)27(22-34-21-24(4)5)19-25-14-9-7-10-15-25)35(30(37)18-23(2)3)31(38)28(33)20-26-16-11-8-12-17-26/h8,11-12,16-17,22-25,27-29H,6-7,9-10,13-15,18-21,33H2,1-5H3/q-1/t27-,28-,29-/m0/s1. The van der Waals surface area contributed by atoms with E-state index in [-0.39, 0.29) is 25.2 Å². The molecular formula is C32H51N4O4-. The second-order valence-electron chi connectivity index (χ2n) is 12.2. The first-order chi connectivity index (χ1) is 19.0. The van der Waals surface area contributed by atoms with Crippen LogP contribution in [0.2, 0.25) is 0 Å². The van der Waals surface area contributed by atoms with Crippen LogP contribution >= 0.6 is 0 Å². The normalized spacial score (nSPS) is 16.7. The molecule has 0 spiro atoms. The van der Waals surface area contributed by atoms with Gasteiger partial charge in [-0.25, -0.2) is 0 Å². The quantitative estimate of drug-likeness (QED) is 0.226. The van der Waals surface area contributed by atoms with Gasteiger partial charge in [0.25, 0.3) is 0 Å². The van der Waals surface area contributed by atoms with Crippen LogP contribution in [0.5, 0.6) is 0 Å². The molecule has 0 heterocycles. The molecule has 1 saturated carbocycles. The topological polar surface area (TPSA) is 119 Å². The lowest BCUT2D eigenvalue weighted by Gasteiger charge is -2.42. The number of hydrogen-bond acceptors (Lipinski definition) is 6. The van der Waals surface area contributed by atoms with E-state index in [4.69, 9.17) is 5.73 Å². The van der Waals surface area contributed by atoms with Gasteiger partial charge in [0, 0.05) is 19.2 Å². The predicted molar refractivity (Wildman–Crippen MR) is 162 cm³/mol. The summed E-state index contributed by atoms with van der Waals surface area (Å²) in [5.74, 6) is -1.22. The third kappa shape index (κ3) is 10.8. The van der Waals surface area contributed by atoms with Crippen LogP contribution in [0.4, 0.5) is 0 Å². The second kappa shape index (κ2) is 17.3. The summed E-state index contributed by atoms with van der Waals surface area (Å²) >= 11 is 0. The van der Waals surface area contributed by atoms with Gasteiger partial charge in [-0.3, -0.25) is 24.3 Å². The number of nitrogens with zero attached hydrogens (tertiary/aromatic N) is 3. The fraction of sp³-hybridized carbons (Fsp3) is 0.688. The summed E-state index contributed by atoms with van der Waals surface area (Å²) in [4.78, 5) is 46.6. The molecule has 0 aliphatic heterocycles. The summed E-state index contributed by atoms with van der Waals surface area (Å²) in [5, 5.41) is 14.2. The van der Waals surface area contributed by atoms with E-state index < -0.39 is 35.8 Å². The van der Waals surface area contributed by atoms with Gasteiger partial charge in [0.2, 0.25) is 17.7 Å². The second-order valence-corrected chi connectivity index (χ2v) is 12.2. The zero-order chi connectivity index (χ0) is 29.7. The molecule has 1 aromatic carbocycles. The highest BCUT2D eigenvalue weighted by molar-refractivity contribution is 6.02. The van der Waals surface area contributed by atoms with E-state index in [2.05, 4.69) is 4.99 Å². The van der Waals surface area contributed by atoms with Crippen LogP contribution in [-0.2, 0) is 20.8 Å². The first-order valence-corrected chi connectivity index (χ1v) is 15.2. The molecule has 3 amide bonds. The van der Waals surface area contributed by atoms with E-state index >= 15 is 0 Å². The third-order valence-corrected chi connectivity index (χ3v) is 7.43. The summed E-state index contributed by atoms with van der Waals surface area (Å²) in [6, 6.07) is 6.39. The Bertz CT molecular complexity index is 943. The van der Waals surface area contributed by atoms with Crippen molar-refractivity contribution in [2.24, 2.45) is 28.5 Å². The highest BCUT2D eigenvalue weighted by Crippen LogP contribution is 2.29. The van der Waals surface area contributed by atoms with Gasteiger partial charge in [-0.05, 0) is 42.6 Å². The molecule has 3 atom stereocenters. The van der Waals surface area contributed by atoms with E-state index in [0.29, 0.717) is 36.3 Å². The molecule has 40 heavy (non-hydrogen) atoms. The lowest BCUT2D eigenvalue weighted by Crippen LogP contribution is -2.58. The number of imide groups is 1. The fourth-order valence-electron chi connectivity index (χ4n) is 5.35. The van der Waals surface area contributed by atoms with Crippen LogP contribution in [0.15, 0.2) is 35.3 Å². The van der Waals surface area contributed by atoms with Crippen molar-refractivity contribution >= 4 is 23.9 Å². The van der Waals surface area contributed by atoms with Crippen LogP contribution in [0.25, 0.3) is 0 Å². The SMILES string of the molecule is CCC[C@@H](C(=O)N([O-])[C@H](C=NCC(C)C)CC1CCCCC1)N(C(=O)CC(C)C)C(=O)[C@@H](N)Cc1ccccc1. The van der Waals surface area contributed by atoms with Crippen molar-refractivity contribution in [3.8, 4) is 0 Å². The number of rotatable bonds is 15. The van der Waals surface area contributed by atoms with Crippen LogP contribution in [0.1, 0.15) is 98.0 Å². The number of aliphatic imine (C=N–C) groups is 1. The van der Waals surface area contributed by atoms with E-state index in [1.807, 2.05) is 65.0 Å². The van der Waals surface area contributed by atoms with E-state index in [1.165, 1.54) is 6.42 Å². The van der Waals surface area contributed by atoms with Gasteiger partial charge in [0.05, 0.1) is 12.1 Å². The highest BCUT2D eigenvalue weighted by Gasteiger charge is 2.38. The molecule has 0 saturated heterocycles. The Morgan fingerprint density at radius 2 is 1.68 bits per heavy atom. The van der Waals surface area contributed by atoms with Crippen molar-refractivity contribution in [2.45, 2.75) is 117 Å². The fourth-order valence-corrected chi connectivity index (χ4v) is 5.35. The number of hydrogen-bond donors (Lipinski definition) is 1. The third-order valence-electron chi connectivity index (χ3n) is 7.43. The maximum atomic E-state index is 13.9. The molecule has 224 valence electrons.